The van der Waals surface area contributed by atoms with Crippen LogP contribution in [0.5, 0.6) is 0 Å². The van der Waals surface area contributed by atoms with Crippen molar-refractivity contribution in [2.45, 2.75) is 89.5 Å². The van der Waals surface area contributed by atoms with Gasteiger partial charge in [0.2, 0.25) is 0 Å². The van der Waals surface area contributed by atoms with Gasteiger partial charge < -0.3 is 5.73 Å². The molecule has 0 heterocycles. The molecule has 20 heavy (non-hydrogen) atoms. The van der Waals surface area contributed by atoms with Crippen LogP contribution in [0.3, 0.4) is 0 Å². The van der Waals surface area contributed by atoms with Crippen molar-refractivity contribution in [2.24, 2.45) is 5.73 Å². The van der Waals surface area contributed by atoms with E-state index in [-0.39, 0.29) is 12.5 Å². The average molecular weight is 294 g/mol. The van der Waals surface area contributed by atoms with E-state index in [9.17, 15) is 13.2 Å². The van der Waals surface area contributed by atoms with Gasteiger partial charge in [-0.25, -0.2) is 0 Å². The summed E-state index contributed by atoms with van der Waals surface area (Å²) in [5.74, 6) is 0. The van der Waals surface area contributed by atoms with Crippen LogP contribution < -0.4 is 5.73 Å². The summed E-state index contributed by atoms with van der Waals surface area (Å²) in [4.78, 5) is 2.42. The van der Waals surface area contributed by atoms with Gasteiger partial charge in [0, 0.05) is 24.5 Å². The molecule has 0 saturated heterocycles. The third-order valence-corrected chi connectivity index (χ3v) is 4.34. The topological polar surface area (TPSA) is 29.3 Å². The fraction of sp³-hybridized carbons (Fsp3) is 1.00. The lowest BCUT2D eigenvalue weighted by Gasteiger charge is -2.40. The van der Waals surface area contributed by atoms with E-state index in [0.29, 0.717) is 18.5 Å². The standard InChI is InChI=1S/C15H29F3N2/c1-3-11-20(14-8-6-13(19)7-9-14)12(2)5-4-10-15(16,17)18/h12-14H,3-11,19H2,1-2H3. The minimum absolute atomic E-state index is 0.233. The Morgan fingerprint density at radius 2 is 1.80 bits per heavy atom. The van der Waals surface area contributed by atoms with E-state index in [1.165, 1.54) is 0 Å². The largest absolute Gasteiger partial charge is 0.389 e. The van der Waals surface area contributed by atoms with Crippen LogP contribution in [-0.2, 0) is 0 Å². The number of hydrogen-bond donors (Lipinski definition) is 1. The Balaban J connectivity index is 2.43. The lowest BCUT2D eigenvalue weighted by Crippen LogP contribution is -2.45. The van der Waals surface area contributed by atoms with Crippen molar-refractivity contribution in [3.05, 3.63) is 0 Å². The molecule has 1 unspecified atom stereocenters. The van der Waals surface area contributed by atoms with Crippen LogP contribution in [0.4, 0.5) is 13.2 Å². The Bertz CT molecular complexity index is 260. The molecule has 1 atom stereocenters. The van der Waals surface area contributed by atoms with E-state index in [0.717, 1.165) is 38.6 Å². The van der Waals surface area contributed by atoms with Gasteiger partial charge in [0.05, 0.1) is 0 Å². The Kier molecular flexibility index (Phi) is 7.30. The first-order chi connectivity index (χ1) is 9.33. The summed E-state index contributed by atoms with van der Waals surface area (Å²) in [5.41, 5.74) is 5.93. The van der Waals surface area contributed by atoms with Gasteiger partial charge in [-0.1, -0.05) is 6.92 Å². The first-order valence-electron chi connectivity index (χ1n) is 7.91. The van der Waals surface area contributed by atoms with E-state index in [1.54, 1.807) is 0 Å². The molecule has 0 aromatic heterocycles. The SMILES string of the molecule is CCCN(C(C)CCCC(F)(F)F)C1CCC(N)CC1. The lowest BCUT2D eigenvalue weighted by molar-refractivity contribution is -0.136. The van der Waals surface area contributed by atoms with E-state index >= 15 is 0 Å². The van der Waals surface area contributed by atoms with Gasteiger partial charge in [-0.2, -0.15) is 13.2 Å². The first-order valence-corrected chi connectivity index (χ1v) is 7.91. The molecule has 5 heteroatoms. The van der Waals surface area contributed by atoms with Crippen LogP contribution in [0, 0.1) is 0 Å². The molecule has 0 amide bonds. The van der Waals surface area contributed by atoms with E-state index < -0.39 is 12.6 Å². The summed E-state index contributed by atoms with van der Waals surface area (Å²) in [5, 5.41) is 0. The van der Waals surface area contributed by atoms with Gasteiger partial charge in [-0.15, -0.1) is 0 Å². The van der Waals surface area contributed by atoms with Crippen molar-refractivity contribution in [3.8, 4) is 0 Å². The van der Waals surface area contributed by atoms with Gasteiger partial charge in [-0.05, 0) is 58.4 Å². The first kappa shape index (κ1) is 17.8. The summed E-state index contributed by atoms with van der Waals surface area (Å²) < 4.78 is 36.7. The maximum absolute atomic E-state index is 12.2. The van der Waals surface area contributed by atoms with E-state index in [4.69, 9.17) is 5.73 Å². The quantitative estimate of drug-likeness (QED) is 0.766. The second-order valence-electron chi connectivity index (χ2n) is 6.16. The molecule has 1 saturated carbocycles. The maximum atomic E-state index is 12.2. The van der Waals surface area contributed by atoms with Crippen LogP contribution in [0.2, 0.25) is 0 Å². The zero-order valence-electron chi connectivity index (χ0n) is 12.8. The number of rotatable bonds is 7. The fourth-order valence-corrected chi connectivity index (χ4v) is 3.22. The number of alkyl halides is 3. The summed E-state index contributed by atoms with van der Waals surface area (Å²) in [7, 11) is 0. The van der Waals surface area contributed by atoms with Gasteiger partial charge in [0.1, 0.15) is 0 Å². The van der Waals surface area contributed by atoms with Crippen molar-refractivity contribution in [1.82, 2.24) is 4.90 Å². The normalized spacial score (nSPS) is 25.9. The Morgan fingerprint density at radius 1 is 1.20 bits per heavy atom. The molecule has 1 aliphatic rings. The van der Waals surface area contributed by atoms with Crippen molar-refractivity contribution in [1.29, 1.82) is 0 Å². The minimum atomic E-state index is -4.02. The highest BCUT2D eigenvalue weighted by Crippen LogP contribution is 2.27. The molecule has 1 fully saturated rings. The summed E-state index contributed by atoms with van der Waals surface area (Å²) in [6.45, 7) is 5.18. The molecule has 1 rings (SSSR count). The number of halogens is 3. The summed E-state index contributed by atoms with van der Waals surface area (Å²) >= 11 is 0. The van der Waals surface area contributed by atoms with Crippen LogP contribution in [-0.4, -0.2) is 35.7 Å². The van der Waals surface area contributed by atoms with E-state index in [2.05, 4.69) is 18.7 Å². The lowest BCUT2D eigenvalue weighted by atomic mass is 9.89. The molecule has 1 aliphatic carbocycles. The smallest absolute Gasteiger partial charge is 0.328 e. The third-order valence-electron chi connectivity index (χ3n) is 4.34. The molecular formula is C15H29F3N2. The Labute approximate surface area is 120 Å². The van der Waals surface area contributed by atoms with Gasteiger partial charge >= 0.3 is 6.18 Å². The van der Waals surface area contributed by atoms with E-state index in [1.807, 2.05) is 0 Å². The molecule has 0 aromatic carbocycles. The monoisotopic (exact) mass is 294 g/mol. The van der Waals surface area contributed by atoms with Gasteiger partial charge in [0.15, 0.2) is 0 Å². The molecule has 2 N–H and O–H groups in total. The summed E-state index contributed by atoms with van der Waals surface area (Å²) in [6.07, 6.45) is 1.49. The van der Waals surface area contributed by atoms with Crippen LogP contribution in [0.1, 0.15) is 65.2 Å². The molecule has 0 spiro atoms. The molecule has 0 radical (unpaired) electrons. The molecule has 0 aliphatic heterocycles. The highest BCUT2D eigenvalue weighted by Gasteiger charge is 2.29. The second-order valence-corrected chi connectivity index (χ2v) is 6.16. The molecule has 0 aromatic rings. The highest BCUT2D eigenvalue weighted by molar-refractivity contribution is 4.83. The number of hydrogen-bond acceptors (Lipinski definition) is 2. The predicted molar refractivity (Wildman–Crippen MR) is 76.6 cm³/mol. The fourth-order valence-electron chi connectivity index (χ4n) is 3.22. The predicted octanol–water partition coefficient (Wildman–Crippen LogP) is 4.09. The molecule has 2 nitrogen and oxygen atoms in total. The Morgan fingerprint density at radius 3 is 2.30 bits per heavy atom. The second kappa shape index (κ2) is 8.23. The van der Waals surface area contributed by atoms with Crippen LogP contribution in [0.25, 0.3) is 0 Å². The molecule has 120 valence electrons. The maximum Gasteiger partial charge on any atom is 0.389 e. The number of nitrogens with zero attached hydrogens (tertiary/aromatic N) is 1. The molecular weight excluding hydrogens is 265 g/mol. The zero-order valence-corrected chi connectivity index (χ0v) is 12.8. The minimum Gasteiger partial charge on any atom is -0.328 e. The van der Waals surface area contributed by atoms with Crippen molar-refractivity contribution in [2.75, 3.05) is 6.54 Å². The Hall–Kier alpha value is -0.290. The molecule has 0 bridgehead atoms. The van der Waals surface area contributed by atoms with Gasteiger partial charge in [0.25, 0.3) is 0 Å². The van der Waals surface area contributed by atoms with Crippen LogP contribution >= 0.6 is 0 Å². The zero-order chi connectivity index (χ0) is 15.2. The third kappa shape index (κ3) is 6.44. The average Bonchev–Trinajstić information content (AvgIpc) is 2.35. The van der Waals surface area contributed by atoms with Crippen LogP contribution in [0.15, 0.2) is 0 Å². The summed E-state index contributed by atoms with van der Waals surface area (Å²) in [6, 6.07) is 1.06. The van der Waals surface area contributed by atoms with Crippen molar-refractivity contribution < 1.29 is 13.2 Å². The van der Waals surface area contributed by atoms with Crippen molar-refractivity contribution in [3.63, 3.8) is 0 Å². The van der Waals surface area contributed by atoms with Crippen molar-refractivity contribution >= 4 is 0 Å². The number of nitrogens with two attached hydrogens (primary N) is 1. The van der Waals surface area contributed by atoms with Gasteiger partial charge in [-0.3, -0.25) is 4.90 Å². The highest BCUT2D eigenvalue weighted by atomic mass is 19.4.